The smallest absolute Gasteiger partial charge is 0.251 e. The molecule has 0 spiro atoms. The van der Waals surface area contributed by atoms with E-state index in [1.807, 2.05) is 43.3 Å². The van der Waals surface area contributed by atoms with E-state index in [9.17, 15) is 4.79 Å². The molecule has 19 heavy (non-hydrogen) atoms. The average Bonchev–Trinajstić information content (AvgIpc) is 2.92. The Labute approximate surface area is 114 Å². The summed E-state index contributed by atoms with van der Waals surface area (Å²) in [4.78, 5) is 14.0. The minimum atomic E-state index is -0.0123. The van der Waals surface area contributed by atoms with Crippen LogP contribution in [0.5, 0.6) is 0 Å². The molecular formula is C15H22N2O2. The van der Waals surface area contributed by atoms with Crippen molar-refractivity contribution < 1.29 is 9.53 Å². The van der Waals surface area contributed by atoms with E-state index in [2.05, 4.69) is 5.32 Å². The number of hydrogen-bond donors (Lipinski definition) is 1. The van der Waals surface area contributed by atoms with Crippen LogP contribution in [0.4, 0.5) is 5.69 Å². The summed E-state index contributed by atoms with van der Waals surface area (Å²) in [5, 5.41) is 2.95. The summed E-state index contributed by atoms with van der Waals surface area (Å²) in [5.74, 6) is -0.0123. The Balaban J connectivity index is 1.83. The first-order valence-corrected chi connectivity index (χ1v) is 6.84. The van der Waals surface area contributed by atoms with E-state index in [0.717, 1.165) is 31.6 Å². The number of hydrogen-bond acceptors (Lipinski definition) is 3. The molecule has 1 amide bonds. The molecule has 0 aromatic heterocycles. The largest absolute Gasteiger partial charge is 0.378 e. The minimum Gasteiger partial charge on any atom is -0.378 e. The summed E-state index contributed by atoms with van der Waals surface area (Å²) in [6.07, 6.45) is 3.49. The second-order valence-electron chi connectivity index (χ2n) is 5.12. The van der Waals surface area contributed by atoms with Crippen LogP contribution < -0.4 is 10.2 Å². The quantitative estimate of drug-likeness (QED) is 0.883. The molecule has 1 aliphatic heterocycles. The summed E-state index contributed by atoms with van der Waals surface area (Å²) < 4.78 is 5.53. The third-order valence-corrected chi connectivity index (χ3v) is 3.40. The van der Waals surface area contributed by atoms with Gasteiger partial charge in [0, 0.05) is 38.5 Å². The number of carbonyl (C=O) groups is 1. The van der Waals surface area contributed by atoms with Gasteiger partial charge in [0.15, 0.2) is 0 Å². The summed E-state index contributed by atoms with van der Waals surface area (Å²) in [6, 6.07) is 7.64. The number of carbonyl (C=O) groups excluding carboxylic acids is 1. The molecule has 4 heteroatoms. The van der Waals surface area contributed by atoms with Crippen molar-refractivity contribution >= 4 is 11.6 Å². The first-order chi connectivity index (χ1) is 9.16. The Hall–Kier alpha value is -1.55. The van der Waals surface area contributed by atoms with E-state index < -0.39 is 0 Å². The molecule has 104 valence electrons. The highest BCUT2D eigenvalue weighted by atomic mass is 16.5. The summed E-state index contributed by atoms with van der Waals surface area (Å²) in [6.45, 7) is 1.54. The lowest BCUT2D eigenvalue weighted by molar-refractivity contribution is 0.0907. The van der Waals surface area contributed by atoms with Gasteiger partial charge < -0.3 is 15.0 Å². The zero-order valence-corrected chi connectivity index (χ0v) is 11.7. The molecule has 0 saturated carbocycles. The van der Waals surface area contributed by atoms with Crippen molar-refractivity contribution in [2.75, 3.05) is 32.1 Å². The van der Waals surface area contributed by atoms with Crippen LogP contribution in [0, 0.1) is 0 Å². The van der Waals surface area contributed by atoms with Crippen LogP contribution in [-0.4, -0.2) is 39.3 Å². The third-order valence-electron chi connectivity index (χ3n) is 3.40. The van der Waals surface area contributed by atoms with Gasteiger partial charge in [-0.05, 0) is 37.5 Å². The first kappa shape index (κ1) is 13.9. The molecular weight excluding hydrogens is 240 g/mol. The Morgan fingerprint density at radius 1 is 1.47 bits per heavy atom. The molecule has 2 rings (SSSR count). The van der Waals surface area contributed by atoms with Crippen molar-refractivity contribution in [2.24, 2.45) is 0 Å². The van der Waals surface area contributed by atoms with E-state index in [-0.39, 0.29) is 5.91 Å². The van der Waals surface area contributed by atoms with Gasteiger partial charge in [-0.25, -0.2) is 0 Å². The highest BCUT2D eigenvalue weighted by Gasteiger charge is 2.15. The van der Waals surface area contributed by atoms with Gasteiger partial charge in [0.1, 0.15) is 0 Å². The average molecular weight is 262 g/mol. The van der Waals surface area contributed by atoms with Crippen molar-refractivity contribution in [3.05, 3.63) is 29.8 Å². The molecule has 0 radical (unpaired) electrons. The lowest BCUT2D eigenvalue weighted by Gasteiger charge is -2.14. The fourth-order valence-corrected chi connectivity index (χ4v) is 2.25. The van der Waals surface area contributed by atoms with Crippen molar-refractivity contribution in [1.82, 2.24) is 5.32 Å². The Bertz CT molecular complexity index is 426. The number of benzene rings is 1. The number of amides is 1. The van der Waals surface area contributed by atoms with Crippen LogP contribution in [0.15, 0.2) is 24.3 Å². The zero-order chi connectivity index (χ0) is 13.7. The third kappa shape index (κ3) is 3.96. The molecule has 1 N–H and O–H groups in total. The van der Waals surface area contributed by atoms with Gasteiger partial charge in [0.2, 0.25) is 0 Å². The minimum absolute atomic E-state index is 0.0123. The van der Waals surface area contributed by atoms with Crippen LogP contribution in [0.2, 0.25) is 0 Å². The predicted octanol–water partition coefficient (Wildman–Crippen LogP) is 2.05. The topological polar surface area (TPSA) is 41.6 Å². The highest BCUT2D eigenvalue weighted by molar-refractivity contribution is 5.95. The van der Waals surface area contributed by atoms with Crippen LogP contribution >= 0.6 is 0 Å². The number of anilines is 1. The molecule has 0 bridgehead atoms. The normalized spacial score (nSPS) is 18.3. The van der Waals surface area contributed by atoms with Gasteiger partial charge in [0.05, 0.1) is 6.10 Å². The van der Waals surface area contributed by atoms with Crippen LogP contribution in [-0.2, 0) is 4.74 Å². The van der Waals surface area contributed by atoms with E-state index in [1.54, 1.807) is 0 Å². The maximum absolute atomic E-state index is 12.0. The Morgan fingerprint density at radius 2 is 2.32 bits per heavy atom. The van der Waals surface area contributed by atoms with Gasteiger partial charge in [-0.2, -0.15) is 0 Å². The van der Waals surface area contributed by atoms with Gasteiger partial charge in [-0.3, -0.25) is 4.79 Å². The first-order valence-electron chi connectivity index (χ1n) is 6.84. The predicted molar refractivity (Wildman–Crippen MR) is 76.7 cm³/mol. The summed E-state index contributed by atoms with van der Waals surface area (Å²) in [7, 11) is 3.93. The maximum atomic E-state index is 12.0. The van der Waals surface area contributed by atoms with Crippen LogP contribution in [0.1, 0.15) is 29.6 Å². The molecule has 1 aromatic carbocycles. The number of nitrogens with zero attached hydrogens (tertiary/aromatic N) is 1. The number of rotatable bonds is 5. The Morgan fingerprint density at radius 3 is 3.00 bits per heavy atom. The second kappa shape index (κ2) is 6.57. The summed E-state index contributed by atoms with van der Waals surface area (Å²) in [5.41, 5.74) is 1.74. The SMILES string of the molecule is CN(C)c1cccc(C(=O)NCCC2CCCO2)c1. The lowest BCUT2D eigenvalue weighted by Crippen LogP contribution is -2.27. The highest BCUT2D eigenvalue weighted by Crippen LogP contribution is 2.15. The van der Waals surface area contributed by atoms with Crippen molar-refractivity contribution in [2.45, 2.75) is 25.4 Å². The van der Waals surface area contributed by atoms with E-state index in [4.69, 9.17) is 4.74 Å². The van der Waals surface area contributed by atoms with Crippen molar-refractivity contribution in [3.8, 4) is 0 Å². The van der Waals surface area contributed by atoms with Gasteiger partial charge in [-0.15, -0.1) is 0 Å². The molecule has 1 heterocycles. The van der Waals surface area contributed by atoms with Crippen molar-refractivity contribution in [3.63, 3.8) is 0 Å². The van der Waals surface area contributed by atoms with E-state index >= 15 is 0 Å². The standard InChI is InChI=1S/C15H22N2O2/c1-17(2)13-6-3-5-12(11-13)15(18)16-9-8-14-7-4-10-19-14/h3,5-6,11,14H,4,7-10H2,1-2H3,(H,16,18). The monoisotopic (exact) mass is 262 g/mol. The zero-order valence-electron chi connectivity index (χ0n) is 11.7. The fourth-order valence-electron chi connectivity index (χ4n) is 2.25. The van der Waals surface area contributed by atoms with Gasteiger partial charge in [-0.1, -0.05) is 6.07 Å². The second-order valence-corrected chi connectivity index (χ2v) is 5.12. The molecule has 4 nitrogen and oxygen atoms in total. The van der Waals surface area contributed by atoms with E-state index in [0.29, 0.717) is 18.2 Å². The van der Waals surface area contributed by atoms with E-state index in [1.165, 1.54) is 0 Å². The molecule has 1 aliphatic rings. The number of ether oxygens (including phenoxy) is 1. The molecule has 1 aromatic rings. The fraction of sp³-hybridized carbons (Fsp3) is 0.533. The molecule has 1 unspecified atom stereocenters. The van der Waals surface area contributed by atoms with Crippen LogP contribution in [0.25, 0.3) is 0 Å². The van der Waals surface area contributed by atoms with Gasteiger partial charge in [0.25, 0.3) is 5.91 Å². The lowest BCUT2D eigenvalue weighted by atomic mass is 10.1. The number of nitrogens with one attached hydrogen (secondary N) is 1. The Kier molecular flexibility index (Phi) is 4.80. The maximum Gasteiger partial charge on any atom is 0.251 e. The summed E-state index contributed by atoms with van der Waals surface area (Å²) >= 11 is 0. The van der Waals surface area contributed by atoms with Crippen molar-refractivity contribution in [1.29, 1.82) is 0 Å². The molecule has 1 atom stereocenters. The molecule has 1 fully saturated rings. The molecule has 1 saturated heterocycles. The molecule has 0 aliphatic carbocycles. The van der Waals surface area contributed by atoms with Gasteiger partial charge >= 0.3 is 0 Å². The van der Waals surface area contributed by atoms with Crippen LogP contribution in [0.3, 0.4) is 0 Å².